The molecule has 29 heavy (non-hydrogen) atoms. The average Bonchev–Trinajstić information content (AvgIpc) is 3.29. The first kappa shape index (κ1) is 19.5. The first-order valence-electron chi connectivity index (χ1n) is 8.94. The average molecular weight is 434 g/mol. The maximum absolute atomic E-state index is 12.2. The summed E-state index contributed by atoms with van der Waals surface area (Å²) in [5.41, 5.74) is 2.56. The van der Waals surface area contributed by atoms with Gasteiger partial charge in [-0.25, -0.2) is 22.7 Å². The quantitative estimate of drug-likeness (QED) is 0.569. The zero-order chi connectivity index (χ0) is 20.6. The monoisotopic (exact) mass is 433 g/mol. The van der Waals surface area contributed by atoms with Gasteiger partial charge in [0.25, 0.3) is 0 Å². The van der Waals surface area contributed by atoms with Gasteiger partial charge in [-0.1, -0.05) is 5.16 Å². The summed E-state index contributed by atoms with van der Waals surface area (Å²) in [6.45, 7) is 4.31. The van der Waals surface area contributed by atoms with E-state index in [0.717, 1.165) is 27.4 Å². The molecule has 0 amide bonds. The number of aromatic nitrogens is 3. The van der Waals surface area contributed by atoms with Crippen LogP contribution in [0.3, 0.4) is 0 Å². The van der Waals surface area contributed by atoms with E-state index in [1.807, 2.05) is 26.0 Å². The Hall–Kier alpha value is -2.79. The Morgan fingerprint density at radius 3 is 2.90 bits per heavy atom. The molecule has 4 heterocycles. The van der Waals surface area contributed by atoms with Crippen LogP contribution in [0.15, 0.2) is 34.1 Å². The van der Waals surface area contributed by atoms with Crippen molar-refractivity contribution >= 4 is 33.0 Å². The van der Waals surface area contributed by atoms with Crippen LogP contribution in [0.1, 0.15) is 24.7 Å². The molecule has 0 aliphatic carbocycles. The van der Waals surface area contributed by atoms with E-state index in [4.69, 9.17) is 9.25 Å². The second-order valence-corrected chi connectivity index (χ2v) is 9.29. The second-order valence-electron chi connectivity index (χ2n) is 6.39. The van der Waals surface area contributed by atoms with Crippen molar-refractivity contribution in [2.24, 2.45) is 5.16 Å². The standard InChI is InChI=1S/C18H19N5O4S2/c1-4-26-22-13-7-9-23(29(3,24)25)18-14(13)21-16(27-18)15-11(2)20-17(28-15)12-6-5-8-19-10-12/h5-6,8,10H,4,7,9H2,1-3H3. The van der Waals surface area contributed by atoms with Gasteiger partial charge in [0.1, 0.15) is 22.2 Å². The Labute approximate surface area is 172 Å². The fourth-order valence-electron chi connectivity index (χ4n) is 2.95. The fourth-order valence-corrected chi connectivity index (χ4v) is 4.78. The molecule has 9 nitrogen and oxygen atoms in total. The number of pyridine rings is 1. The minimum Gasteiger partial charge on any atom is -0.418 e. The van der Waals surface area contributed by atoms with Crippen LogP contribution in [0.4, 0.5) is 5.88 Å². The second kappa shape index (κ2) is 7.56. The first-order valence-corrected chi connectivity index (χ1v) is 11.6. The first-order chi connectivity index (χ1) is 13.9. The molecule has 0 N–H and O–H groups in total. The molecule has 0 bridgehead atoms. The predicted molar refractivity (Wildman–Crippen MR) is 111 cm³/mol. The summed E-state index contributed by atoms with van der Waals surface area (Å²) in [5, 5.41) is 4.88. The van der Waals surface area contributed by atoms with E-state index in [0.29, 0.717) is 30.3 Å². The molecule has 0 fully saturated rings. The van der Waals surface area contributed by atoms with Crippen molar-refractivity contribution in [2.75, 3.05) is 23.7 Å². The van der Waals surface area contributed by atoms with Gasteiger partial charge in [-0.15, -0.1) is 11.3 Å². The molecule has 0 aromatic carbocycles. The van der Waals surface area contributed by atoms with E-state index >= 15 is 0 Å². The minimum absolute atomic E-state index is 0.155. The van der Waals surface area contributed by atoms with Crippen LogP contribution >= 0.6 is 11.3 Å². The highest BCUT2D eigenvalue weighted by atomic mass is 32.2. The Kier molecular flexibility index (Phi) is 5.09. The van der Waals surface area contributed by atoms with Crippen molar-refractivity contribution in [3.05, 3.63) is 35.9 Å². The van der Waals surface area contributed by atoms with Crippen LogP contribution in [0.25, 0.3) is 21.3 Å². The van der Waals surface area contributed by atoms with Crippen molar-refractivity contribution < 1.29 is 17.7 Å². The fraction of sp³-hybridized carbons (Fsp3) is 0.333. The number of hydrogen-bond acceptors (Lipinski definition) is 9. The molecule has 3 aromatic heterocycles. The maximum Gasteiger partial charge on any atom is 0.241 e. The highest BCUT2D eigenvalue weighted by Crippen LogP contribution is 2.39. The van der Waals surface area contributed by atoms with E-state index in [2.05, 4.69) is 20.1 Å². The number of oxazole rings is 1. The lowest BCUT2D eigenvalue weighted by Crippen LogP contribution is -2.36. The van der Waals surface area contributed by atoms with Crippen LogP contribution in [0, 0.1) is 6.92 Å². The smallest absolute Gasteiger partial charge is 0.241 e. The number of thiazole rings is 1. The van der Waals surface area contributed by atoms with E-state index in [9.17, 15) is 8.42 Å². The molecule has 0 saturated carbocycles. The van der Waals surface area contributed by atoms with Crippen molar-refractivity contribution in [3.8, 4) is 21.3 Å². The van der Waals surface area contributed by atoms with Gasteiger partial charge >= 0.3 is 0 Å². The van der Waals surface area contributed by atoms with Gasteiger partial charge in [0.05, 0.1) is 11.9 Å². The molecule has 0 radical (unpaired) electrons. The van der Waals surface area contributed by atoms with E-state index in [1.165, 1.54) is 15.6 Å². The minimum atomic E-state index is -3.52. The zero-order valence-corrected chi connectivity index (χ0v) is 17.7. The van der Waals surface area contributed by atoms with Gasteiger partial charge in [0, 0.05) is 30.9 Å². The zero-order valence-electron chi connectivity index (χ0n) is 16.1. The Bertz CT molecular complexity index is 1170. The number of nitrogens with zero attached hydrogens (tertiary/aromatic N) is 5. The summed E-state index contributed by atoms with van der Waals surface area (Å²) >= 11 is 1.41. The van der Waals surface area contributed by atoms with Crippen LogP contribution in [-0.2, 0) is 14.9 Å². The van der Waals surface area contributed by atoms with Crippen molar-refractivity contribution in [1.82, 2.24) is 15.0 Å². The number of aryl methyl sites for hydroxylation is 1. The van der Waals surface area contributed by atoms with Crippen molar-refractivity contribution in [2.45, 2.75) is 20.3 Å². The van der Waals surface area contributed by atoms with Gasteiger partial charge in [-0.3, -0.25) is 4.98 Å². The summed E-state index contributed by atoms with van der Waals surface area (Å²) in [6, 6.07) is 3.77. The van der Waals surface area contributed by atoms with Crippen molar-refractivity contribution in [3.63, 3.8) is 0 Å². The third-order valence-electron chi connectivity index (χ3n) is 4.26. The highest BCUT2D eigenvalue weighted by molar-refractivity contribution is 7.92. The highest BCUT2D eigenvalue weighted by Gasteiger charge is 2.34. The molecular formula is C18H19N5O4S2. The maximum atomic E-state index is 12.2. The summed E-state index contributed by atoms with van der Waals surface area (Å²) in [5.74, 6) is 0.461. The number of oxime groups is 1. The molecule has 0 atom stereocenters. The lowest BCUT2D eigenvalue weighted by Gasteiger charge is -2.24. The number of rotatable bonds is 5. The van der Waals surface area contributed by atoms with E-state index < -0.39 is 10.0 Å². The molecular weight excluding hydrogens is 414 g/mol. The van der Waals surface area contributed by atoms with E-state index in [1.54, 1.807) is 12.4 Å². The van der Waals surface area contributed by atoms with Gasteiger partial charge in [0.15, 0.2) is 5.69 Å². The SMILES string of the molecule is CCON=C1CCN(S(C)(=O)=O)c2oc(-c3sc(-c4cccnc4)nc3C)nc21. The van der Waals surface area contributed by atoms with Gasteiger partial charge in [0.2, 0.25) is 21.8 Å². The van der Waals surface area contributed by atoms with Gasteiger partial charge < -0.3 is 9.25 Å². The number of hydrogen-bond donors (Lipinski definition) is 0. The van der Waals surface area contributed by atoms with Crippen LogP contribution < -0.4 is 4.31 Å². The van der Waals surface area contributed by atoms with E-state index in [-0.39, 0.29) is 12.4 Å². The Balaban J connectivity index is 1.81. The summed E-state index contributed by atoms with van der Waals surface area (Å²) in [7, 11) is -3.52. The van der Waals surface area contributed by atoms with Crippen LogP contribution in [-0.4, -0.2) is 48.5 Å². The lowest BCUT2D eigenvalue weighted by atomic mass is 10.1. The molecule has 1 aliphatic heterocycles. The Morgan fingerprint density at radius 2 is 2.21 bits per heavy atom. The van der Waals surface area contributed by atoms with Crippen LogP contribution in [0.5, 0.6) is 0 Å². The van der Waals surface area contributed by atoms with Crippen LogP contribution in [0.2, 0.25) is 0 Å². The predicted octanol–water partition coefficient (Wildman–Crippen LogP) is 3.08. The number of fused-ring (bicyclic) bond motifs is 1. The van der Waals surface area contributed by atoms with Gasteiger partial charge in [-0.2, -0.15) is 0 Å². The molecule has 0 unspecified atom stereocenters. The summed E-state index contributed by atoms with van der Waals surface area (Å²) in [4.78, 5) is 19.2. The largest absolute Gasteiger partial charge is 0.418 e. The topological polar surface area (TPSA) is 111 Å². The lowest BCUT2D eigenvalue weighted by molar-refractivity contribution is 0.158. The molecule has 0 saturated heterocycles. The summed E-state index contributed by atoms with van der Waals surface area (Å²) in [6.07, 6.45) is 4.96. The molecule has 152 valence electrons. The molecule has 1 aliphatic rings. The number of sulfonamides is 1. The summed E-state index contributed by atoms with van der Waals surface area (Å²) < 4.78 is 31.6. The Morgan fingerprint density at radius 1 is 1.38 bits per heavy atom. The normalized spacial score (nSPS) is 15.6. The molecule has 0 spiro atoms. The molecule has 4 rings (SSSR count). The third-order valence-corrected chi connectivity index (χ3v) is 6.61. The molecule has 11 heteroatoms. The van der Waals surface area contributed by atoms with Gasteiger partial charge in [-0.05, 0) is 26.0 Å². The number of anilines is 1. The molecule has 3 aromatic rings. The third kappa shape index (κ3) is 3.75. The van der Waals surface area contributed by atoms with Crippen molar-refractivity contribution in [1.29, 1.82) is 0 Å².